The van der Waals surface area contributed by atoms with Crippen molar-refractivity contribution in [3.05, 3.63) is 24.3 Å². The summed E-state index contributed by atoms with van der Waals surface area (Å²) < 4.78 is 0. The van der Waals surface area contributed by atoms with Crippen molar-refractivity contribution < 1.29 is 0 Å². The van der Waals surface area contributed by atoms with Gasteiger partial charge in [-0.15, -0.1) is 0 Å². The Kier molecular flexibility index (Phi) is 2.59. The van der Waals surface area contributed by atoms with E-state index in [0.29, 0.717) is 11.5 Å². The number of rotatable bonds is 2. The SMILES string of the molecule is CC1(C)CCC(Nc2cccc(N)c2)C1. The standard InChI is InChI=1S/C13H20N2/c1-13(2)7-6-12(9-13)15-11-5-3-4-10(14)8-11/h3-5,8,12,15H,6-7,9,14H2,1-2H3. The minimum absolute atomic E-state index is 0.498. The van der Waals surface area contributed by atoms with Gasteiger partial charge in [-0.3, -0.25) is 0 Å². The van der Waals surface area contributed by atoms with Crippen LogP contribution in [0.15, 0.2) is 24.3 Å². The fourth-order valence-electron chi connectivity index (χ4n) is 2.42. The first-order chi connectivity index (χ1) is 7.05. The Morgan fingerprint density at radius 2 is 2.20 bits per heavy atom. The average molecular weight is 204 g/mol. The van der Waals surface area contributed by atoms with Crippen LogP contribution in [0, 0.1) is 5.41 Å². The summed E-state index contributed by atoms with van der Waals surface area (Å²) in [7, 11) is 0. The topological polar surface area (TPSA) is 38.0 Å². The average Bonchev–Trinajstić information content (AvgIpc) is 2.45. The highest BCUT2D eigenvalue weighted by Gasteiger charge is 2.30. The molecule has 3 N–H and O–H groups in total. The van der Waals surface area contributed by atoms with Crippen LogP contribution in [0.1, 0.15) is 33.1 Å². The first-order valence-corrected chi connectivity index (χ1v) is 5.67. The van der Waals surface area contributed by atoms with Gasteiger partial charge >= 0.3 is 0 Å². The number of hydrogen-bond acceptors (Lipinski definition) is 2. The number of hydrogen-bond donors (Lipinski definition) is 2. The van der Waals surface area contributed by atoms with Crippen molar-refractivity contribution in [3.8, 4) is 0 Å². The van der Waals surface area contributed by atoms with E-state index in [0.717, 1.165) is 11.4 Å². The van der Waals surface area contributed by atoms with E-state index in [1.165, 1.54) is 19.3 Å². The van der Waals surface area contributed by atoms with Gasteiger partial charge in [-0.2, -0.15) is 0 Å². The molecular weight excluding hydrogens is 184 g/mol. The molecular formula is C13H20N2. The van der Waals surface area contributed by atoms with Crippen LogP contribution in [0.2, 0.25) is 0 Å². The molecule has 1 aromatic carbocycles. The van der Waals surface area contributed by atoms with Crippen LogP contribution in [-0.2, 0) is 0 Å². The van der Waals surface area contributed by atoms with Crippen LogP contribution in [-0.4, -0.2) is 6.04 Å². The summed E-state index contributed by atoms with van der Waals surface area (Å²) in [6.07, 6.45) is 3.83. The second kappa shape index (κ2) is 3.76. The smallest absolute Gasteiger partial charge is 0.0362 e. The molecule has 0 saturated heterocycles. The normalized spacial score (nSPS) is 24.0. The Morgan fingerprint density at radius 3 is 2.80 bits per heavy atom. The molecule has 0 radical (unpaired) electrons. The summed E-state index contributed by atoms with van der Waals surface area (Å²) in [6.45, 7) is 4.68. The Hall–Kier alpha value is -1.18. The van der Waals surface area contributed by atoms with Crippen LogP contribution < -0.4 is 11.1 Å². The van der Waals surface area contributed by atoms with Gasteiger partial charge in [-0.05, 0) is 42.9 Å². The van der Waals surface area contributed by atoms with E-state index in [9.17, 15) is 0 Å². The maximum absolute atomic E-state index is 5.75. The molecule has 82 valence electrons. The zero-order valence-corrected chi connectivity index (χ0v) is 9.59. The van der Waals surface area contributed by atoms with Crippen molar-refractivity contribution >= 4 is 11.4 Å². The van der Waals surface area contributed by atoms with E-state index >= 15 is 0 Å². The lowest BCUT2D eigenvalue weighted by Gasteiger charge is -2.18. The van der Waals surface area contributed by atoms with Crippen LogP contribution in [0.4, 0.5) is 11.4 Å². The Morgan fingerprint density at radius 1 is 1.40 bits per heavy atom. The first kappa shape index (κ1) is 10.3. The Labute approximate surface area is 91.9 Å². The number of anilines is 2. The van der Waals surface area contributed by atoms with E-state index in [1.54, 1.807) is 0 Å². The van der Waals surface area contributed by atoms with Gasteiger partial charge in [0.25, 0.3) is 0 Å². The maximum atomic E-state index is 5.75. The lowest BCUT2D eigenvalue weighted by Crippen LogP contribution is -2.17. The minimum Gasteiger partial charge on any atom is -0.399 e. The molecule has 1 fully saturated rings. The number of nitrogens with two attached hydrogens (primary N) is 1. The zero-order chi connectivity index (χ0) is 10.9. The third kappa shape index (κ3) is 2.65. The lowest BCUT2D eigenvalue weighted by molar-refractivity contribution is 0.378. The molecule has 1 atom stereocenters. The molecule has 2 nitrogen and oxygen atoms in total. The molecule has 1 unspecified atom stereocenters. The predicted octanol–water partition coefficient (Wildman–Crippen LogP) is 3.26. The molecule has 2 heteroatoms. The van der Waals surface area contributed by atoms with Crippen molar-refractivity contribution in [2.24, 2.45) is 5.41 Å². The molecule has 2 rings (SSSR count). The van der Waals surface area contributed by atoms with Gasteiger partial charge in [-0.1, -0.05) is 19.9 Å². The van der Waals surface area contributed by atoms with Crippen molar-refractivity contribution in [1.29, 1.82) is 0 Å². The van der Waals surface area contributed by atoms with Crippen LogP contribution in [0.5, 0.6) is 0 Å². The molecule has 0 aromatic heterocycles. The van der Waals surface area contributed by atoms with Gasteiger partial charge in [0, 0.05) is 17.4 Å². The third-order valence-corrected chi connectivity index (χ3v) is 3.23. The highest BCUT2D eigenvalue weighted by atomic mass is 14.9. The summed E-state index contributed by atoms with van der Waals surface area (Å²) in [4.78, 5) is 0. The highest BCUT2D eigenvalue weighted by Crippen LogP contribution is 2.38. The van der Waals surface area contributed by atoms with Gasteiger partial charge in [0.05, 0.1) is 0 Å². The molecule has 0 aliphatic heterocycles. The van der Waals surface area contributed by atoms with Crippen molar-refractivity contribution in [2.75, 3.05) is 11.1 Å². The molecule has 1 saturated carbocycles. The summed E-state index contributed by atoms with van der Waals surface area (Å²) in [5, 5.41) is 3.56. The number of benzene rings is 1. The van der Waals surface area contributed by atoms with Crippen LogP contribution >= 0.6 is 0 Å². The van der Waals surface area contributed by atoms with E-state index in [2.05, 4.69) is 25.2 Å². The Bertz CT molecular complexity index is 344. The monoisotopic (exact) mass is 204 g/mol. The van der Waals surface area contributed by atoms with Gasteiger partial charge in [0.2, 0.25) is 0 Å². The highest BCUT2D eigenvalue weighted by molar-refractivity contribution is 5.54. The van der Waals surface area contributed by atoms with Crippen LogP contribution in [0.25, 0.3) is 0 Å². The second-order valence-electron chi connectivity index (χ2n) is 5.37. The fraction of sp³-hybridized carbons (Fsp3) is 0.538. The molecule has 15 heavy (non-hydrogen) atoms. The molecule has 0 amide bonds. The van der Waals surface area contributed by atoms with Crippen LogP contribution in [0.3, 0.4) is 0 Å². The predicted molar refractivity (Wildman–Crippen MR) is 65.9 cm³/mol. The third-order valence-electron chi connectivity index (χ3n) is 3.23. The Balaban J connectivity index is 1.99. The molecule has 1 aliphatic carbocycles. The van der Waals surface area contributed by atoms with Crippen molar-refractivity contribution in [3.63, 3.8) is 0 Å². The zero-order valence-electron chi connectivity index (χ0n) is 9.59. The summed E-state index contributed by atoms with van der Waals surface area (Å²) in [5.74, 6) is 0. The largest absolute Gasteiger partial charge is 0.399 e. The number of nitrogen functional groups attached to an aromatic ring is 1. The lowest BCUT2D eigenvalue weighted by atomic mass is 9.92. The van der Waals surface area contributed by atoms with E-state index in [1.807, 2.05) is 18.2 Å². The number of nitrogens with one attached hydrogen (secondary N) is 1. The van der Waals surface area contributed by atoms with E-state index < -0.39 is 0 Å². The first-order valence-electron chi connectivity index (χ1n) is 5.67. The fourth-order valence-corrected chi connectivity index (χ4v) is 2.42. The van der Waals surface area contributed by atoms with Gasteiger partial charge in [-0.25, -0.2) is 0 Å². The van der Waals surface area contributed by atoms with Gasteiger partial charge in [0.15, 0.2) is 0 Å². The minimum atomic E-state index is 0.498. The van der Waals surface area contributed by atoms with Gasteiger partial charge < -0.3 is 11.1 Å². The van der Waals surface area contributed by atoms with E-state index in [4.69, 9.17) is 5.73 Å². The molecule has 1 aromatic rings. The molecule has 1 aliphatic rings. The summed E-state index contributed by atoms with van der Waals surface area (Å²) in [6, 6.07) is 8.62. The summed E-state index contributed by atoms with van der Waals surface area (Å²) >= 11 is 0. The van der Waals surface area contributed by atoms with Crippen molar-refractivity contribution in [1.82, 2.24) is 0 Å². The summed E-state index contributed by atoms with van der Waals surface area (Å²) in [5.41, 5.74) is 8.23. The molecule has 0 heterocycles. The quantitative estimate of drug-likeness (QED) is 0.726. The maximum Gasteiger partial charge on any atom is 0.0362 e. The molecule has 0 spiro atoms. The molecule has 0 bridgehead atoms. The van der Waals surface area contributed by atoms with Crippen molar-refractivity contribution in [2.45, 2.75) is 39.2 Å². The second-order valence-corrected chi connectivity index (χ2v) is 5.37. The van der Waals surface area contributed by atoms with E-state index in [-0.39, 0.29) is 0 Å². The van der Waals surface area contributed by atoms with Gasteiger partial charge in [0.1, 0.15) is 0 Å².